The van der Waals surface area contributed by atoms with Crippen LogP contribution in [0.25, 0.3) is 0 Å². The molecular formula is C13H16FNO3. The maximum Gasteiger partial charge on any atom is 0.357 e. The first-order valence-electron chi connectivity index (χ1n) is 6.03. The van der Waals surface area contributed by atoms with Gasteiger partial charge >= 0.3 is 5.97 Å². The average Bonchev–Trinajstić information content (AvgIpc) is 2.27. The van der Waals surface area contributed by atoms with Gasteiger partial charge in [-0.1, -0.05) is 6.07 Å². The maximum atomic E-state index is 12.9. The van der Waals surface area contributed by atoms with Crippen LogP contribution in [0.3, 0.4) is 0 Å². The third-order valence-corrected chi connectivity index (χ3v) is 2.85. The highest BCUT2D eigenvalue weighted by atomic mass is 19.1. The van der Waals surface area contributed by atoms with Crippen LogP contribution in [0.15, 0.2) is 18.2 Å². The molecule has 0 bridgehead atoms. The molecule has 18 heavy (non-hydrogen) atoms. The molecule has 2 heterocycles. The number of hydrogen-bond donors (Lipinski definition) is 0. The quantitative estimate of drug-likeness (QED) is 0.599. The second-order valence-corrected chi connectivity index (χ2v) is 4.60. The van der Waals surface area contributed by atoms with Crippen molar-refractivity contribution in [2.24, 2.45) is 0 Å². The summed E-state index contributed by atoms with van der Waals surface area (Å²) in [5, 5.41) is 0. The number of esters is 1. The van der Waals surface area contributed by atoms with E-state index in [9.17, 15) is 9.18 Å². The Morgan fingerprint density at radius 1 is 1.39 bits per heavy atom. The summed E-state index contributed by atoms with van der Waals surface area (Å²) in [6.07, 6.45) is 1.25. The molecule has 2 unspecified atom stereocenters. The first-order chi connectivity index (χ1) is 8.54. The molecule has 0 amide bonds. The summed E-state index contributed by atoms with van der Waals surface area (Å²) >= 11 is 0. The lowest BCUT2D eigenvalue weighted by Crippen LogP contribution is -2.35. The van der Waals surface area contributed by atoms with Crippen LogP contribution in [-0.4, -0.2) is 29.3 Å². The first kappa shape index (κ1) is 13.0. The van der Waals surface area contributed by atoms with Crippen LogP contribution >= 0.6 is 0 Å². The lowest BCUT2D eigenvalue weighted by atomic mass is 10.0. The van der Waals surface area contributed by atoms with E-state index < -0.39 is 11.9 Å². The van der Waals surface area contributed by atoms with Gasteiger partial charge in [-0.15, -0.1) is 0 Å². The fourth-order valence-electron chi connectivity index (χ4n) is 2.17. The summed E-state index contributed by atoms with van der Waals surface area (Å²) < 4.78 is 23.8. The molecule has 5 heteroatoms. The van der Waals surface area contributed by atoms with Crippen molar-refractivity contribution in [1.29, 1.82) is 0 Å². The second-order valence-electron chi connectivity index (χ2n) is 4.60. The van der Waals surface area contributed by atoms with E-state index in [1.54, 1.807) is 0 Å². The summed E-state index contributed by atoms with van der Waals surface area (Å²) in [7, 11) is 0. The zero-order chi connectivity index (χ0) is 13.1. The van der Waals surface area contributed by atoms with Crippen molar-refractivity contribution in [2.75, 3.05) is 0 Å². The molecule has 1 aliphatic rings. The summed E-state index contributed by atoms with van der Waals surface area (Å²) in [6, 6.07) is 4.07. The van der Waals surface area contributed by atoms with Crippen LogP contribution in [0, 0.1) is 5.95 Å². The zero-order valence-corrected chi connectivity index (χ0v) is 10.4. The Balaban J connectivity index is 1.99. The second kappa shape index (κ2) is 5.44. The Labute approximate surface area is 105 Å². The summed E-state index contributed by atoms with van der Waals surface area (Å²) in [4.78, 5) is 15.3. The minimum Gasteiger partial charge on any atom is -0.457 e. The molecule has 0 N–H and O–H groups in total. The lowest BCUT2D eigenvalue weighted by molar-refractivity contribution is -0.0857. The van der Waals surface area contributed by atoms with Gasteiger partial charge in [0.05, 0.1) is 12.2 Å². The Kier molecular flexibility index (Phi) is 3.91. The molecule has 0 radical (unpaired) electrons. The standard InChI is InChI=1S/C13H16FNO3/c1-8-6-10(7-9(2)17-8)18-13(16)11-4-3-5-12(14)15-11/h3-5,8-10H,6-7H2,1-2H3. The molecule has 0 spiro atoms. The third-order valence-electron chi connectivity index (χ3n) is 2.85. The van der Waals surface area contributed by atoms with Gasteiger partial charge in [-0.05, 0) is 26.0 Å². The van der Waals surface area contributed by atoms with Crippen LogP contribution in [0.1, 0.15) is 37.2 Å². The minimum atomic E-state index is -0.682. The smallest absolute Gasteiger partial charge is 0.357 e. The molecule has 2 rings (SSSR count). The normalized spacial score (nSPS) is 27.8. The molecule has 1 fully saturated rings. The number of halogens is 1. The van der Waals surface area contributed by atoms with Gasteiger partial charge in [0.1, 0.15) is 6.10 Å². The summed E-state index contributed by atoms with van der Waals surface area (Å²) in [5.74, 6) is -1.26. The van der Waals surface area contributed by atoms with Crippen molar-refractivity contribution in [1.82, 2.24) is 4.98 Å². The van der Waals surface area contributed by atoms with Crippen LogP contribution in [0.2, 0.25) is 0 Å². The van der Waals surface area contributed by atoms with E-state index in [-0.39, 0.29) is 24.0 Å². The van der Waals surface area contributed by atoms with Crippen molar-refractivity contribution in [3.63, 3.8) is 0 Å². The number of hydrogen-bond acceptors (Lipinski definition) is 4. The van der Waals surface area contributed by atoms with Gasteiger partial charge < -0.3 is 9.47 Å². The minimum absolute atomic E-state index is 0.00166. The van der Waals surface area contributed by atoms with Gasteiger partial charge in [0.25, 0.3) is 0 Å². The molecule has 1 aliphatic heterocycles. The van der Waals surface area contributed by atoms with E-state index in [1.165, 1.54) is 18.2 Å². The molecule has 1 aromatic rings. The third kappa shape index (κ3) is 3.26. The first-order valence-corrected chi connectivity index (χ1v) is 6.03. The van der Waals surface area contributed by atoms with Gasteiger partial charge in [-0.2, -0.15) is 4.39 Å². The van der Waals surface area contributed by atoms with Crippen LogP contribution in [-0.2, 0) is 9.47 Å². The van der Waals surface area contributed by atoms with Crippen molar-refractivity contribution in [2.45, 2.75) is 45.0 Å². The summed E-state index contributed by atoms with van der Waals surface area (Å²) in [6.45, 7) is 3.88. The molecule has 2 atom stereocenters. The fourth-order valence-corrected chi connectivity index (χ4v) is 2.17. The monoisotopic (exact) mass is 253 g/mol. The van der Waals surface area contributed by atoms with Gasteiger partial charge in [0.2, 0.25) is 5.95 Å². The highest BCUT2D eigenvalue weighted by Gasteiger charge is 2.27. The molecule has 98 valence electrons. The number of nitrogens with zero attached hydrogens (tertiary/aromatic N) is 1. The number of carbonyl (C=O) groups is 1. The lowest BCUT2D eigenvalue weighted by Gasteiger charge is -2.31. The molecule has 4 nitrogen and oxygen atoms in total. The Hall–Kier alpha value is -1.49. The Morgan fingerprint density at radius 2 is 2.06 bits per heavy atom. The number of ether oxygens (including phenoxy) is 2. The fraction of sp³-hybridized carbons (Fsp3) is 0.538. The van der Waals surface area contributed by atoms with Crippen molar-refractivity contribution in [3.05, 3.63) is 29.8 Å². The molecule has 0 saturated carbocycles. The summed E-state index contributed by atoms with van der Waals surface area (Å²) in [5.41, 5.74) is 0.00166. The Bertz CT molecular complexity index is 428. The van der Waals surface area contributed by atoms with E-state index in [0.29, 0.717) is 12.8 Å². The average molecular weight is 253 g/mol. The molecule has 1 aromatic heterocycles. The molecule has 0 aromatic carbocycles. The van der Waals surface area contributed by atoms with E-state index in [2.05, 4.69) is 4.98 Å². The van der Waals surface area contributed by atoms with Gasteiger partial charge in [0.15, 0.2) is 5.69 Å². The highest BCUT2D eigenvalue weighted by molar-refractivity contribution is 5.87. The topological polar surface area (TPSA) is 48.4 Å². The van der Waals surface area contributed by atoms with E-state index in [0.717, 1.165) is 0 Å². The predicted octanol–water partition coefficient (Wildman–Crippen LogP) is 2.33. The largest absolute Gasteiger partial charge is 0.457 e. The predicted molar refractivity (Wildman–Crippen MR) is 62.6 cm³/mol. The van der Waals surface area contributed by atoms with E-state index >= 15 is 0 Å². The van der Waals surface area contributed by atoms with Gasteiger partial charge in [-0.25, -0.2) is 9.78 Å². The number of carbonyl (C=O) groups excluding carboxylic acids is 1. The molecular weight excluding hydrogens is 237 g/mol. The van der Waals surface area contributed by atoms with E-state index in [4.69, 9.17) is 9.47 Å². The van der Waals surface area contributed by atoms with Gasteiger partial charge in [0, 0.05) is 12.8 Å². The number of rotatable bonds is 2. The van der Waals surface area contributed by atoms with Crippen molar-refractivity contribution >= 4 is 5.97 Å². The van der Waals surface area contributed by atoms with Crippen molar-refractivity contribution in [3.8, 4) is 0 Å². The van der Waals surface area contributed by atoms with Gasteiger partial charge in [-0.3, -0.25) is 0 Å². The zero-order valence-electron chi connectivity index (χ0n) is 10.4. The number of pyridine rings is 1. The molecule has 1 saturated heterocycles. The number of aromatic nitrogens is 1. The van der Waals surface area contributed by atoms with Crippen molar-refractivity contribution < 1.29 is 18.7 Å². The Morgan fingerprint density at radius 3 is 2.67 bits per heavy atom. The van der Waals surface area contributed by atoms with Crippen LogP contribution in [0.5, 0.6) is 0 Å². The maximum absolute atomic E-state index is 12.9. The molecule has 0 aliphatic carbocycles. The van der Waals surface area contributed by atoms with E-state index in [1.807, 2.05) is 13.8 Å². The van der Waals surface area contributed by atoms with Crippen LogP contribution in [0.4, 0.5) is 4.39 Å². The van der Waals surface area contributed by atoms with Crippen LogP contribution < -0.4 is 0 Å². The SMILES string of the molecule is CC1CC(OC(=O)c2cccc(F)n2)CC(C)O1. The highest BCUT2D eigenvalue weighted by Crippen LogP contribution is 2.22.